The maximum absolute atomic E-state index is 5.25. The van der Waals surface area contributed by atoms with Crippen LogP contribution in [0.4, 0.5) is 0 Å². The molecule has 1 aromatic rings. The number of ether oxygens (including phenoxy) is 1. The van der Waals surface area contributed by atoms with Gasteiger partial charge in [-0.2, -0.15) is 0 Å². The minimum Gasteiger partial charge on any atom is -0.497 e. The highest BCUT2D eigenvalue weighted by molar-refractivity contribution is 5.28. The summed E-state index contributed by atoms with van der Waals surface area (Å²) in [7, 11) is 3.89. The minimum atomic E-state index is 0.553. The molecule has 1 saturated carbocycles. The van der Waals surface area contributed by atoms with Crippen molar-refractivity contribution >= 4 is 0 Å². The molecule has 2 rings (SSSR count). The molecule has 18 heavy (non-hydrogen) atoms. The summed E-state index contributed by atoms with van der Waals surface area (Å²) in [5, 5.41) is 3.58. The molecule has 0 radical (unpaired) electrons. The molecule has 0 spiro atoms. The van der Waals surface area contributed by atoms with E-state index in [2.05, 4.69) is 42.4 Å². The van der Waals surface area contributed by atoms with Crippen LogP contribution in [-0.4, -0.2) is 37.7 Å². The largest absolute Gasteiger partial charge is 0.497 e. The highest BCUT2D eigenvalue weighted by Gasteiger charge is 2.21. The molecule has 3 heteroatoms. The van der Waals surface area contributed by atoms with Crippen molar-refractivity contribution in [2.45, 2.75) is 38.4 Å². The number of benzene rings is 1. The third-order valence-corrected chi connectivity index (χ3v) is 3.60. The highest BCUT2D eigenvalue weighted by atomic mass is 16.5. The van der Waals surface area contributed by atoms with Crippen LogP contribution in [-0.2, 0) is 6.54 Å². The van der Waals surface area contributed by atoms with E-state index in [1.165, 1.54) is 18.4 Å². The van der Waals surface area contributed by atoms with Crippen molar-refractivity contribution in [1.29, 1.82) is 0 Å². The first-order valence-electron chi connectivity index (χ1n) is 6.75. The van der Waals surface area contributed by atoms with Gasteiger partial charge in [0, 0.05) is 25.2 Å². The molecule has 0 aliphatic heterocycles. The van der Waals surface area contributed by atoms with Crippen LogP contribution in [0.2, 0.25) is 0 Å². The molecule has 1 N–H and O–H groups in total. The third-order valence-electron chi connectivity index (χ3n) is 3.60. The molecule has 0 amide bonds. The van der Waals surface area contributed by atoms with Gasteiger partial charge in [0.15, 0.2) is 0 Å². The van der Waals surface area contributed by atoms with E-state index in [0.29, 0.717) is 6.04 Å². The summed E-state index contributed by atoms with van der Waals surface area (Å²) >= 11 is 0. The Bertz CT molecular complexity index is 377. The lowest BCUT2D eigenvalue weighted by Crippen LogP contribution is -2.38. The minimum absolute atomic E-state index is 0.553. The number of rotatable bonds is 7. The first-order valence-corrected chi connectivity index (χ1v) is 6.75. The van der Waals surface area contributed by atoms with Crippen LogP contribution >= 0.6 is 0 Å². The van der Waals surface area contributed by atoms with Crippen LogP contribution in [0.25, 0.3) is 0 Å². The monoisotopic (exact) mass is 248 g/mol. The van der Waals surface area contributed by atoms with Crippen LogP contribution in [0.5, 0.6) is 5.75 Å². The summed E-state index contributed by atoms with van der Waals surface area (Å²) in [6.07, 6.45) is 2.71. The average Bonchev–Trinajstić information content (AvgIpc) is 3.20. The Morgan fingerprint density at radius 1 is 1.44 bits per heavy atom. The maximum atomic E-state index is 5.25. The first kappa shape index (κ1) is 13.4. The van der Waals surface area contributed by atoms with Crippen molar-refractivity contribution < 1.29 is 4.74 Å². The smallest absolute Gasteiger partial charge is 0.119 e. The van der Waals surface area contributed by atoms with Crippen LogP contribution in [0, 0.1) is 0 Å². The van der Waals surface area contributed by atoms with E-state index in [1.54, 1.807) is 7.11 Å². The molecular weight excluding hydrogens is 224 g/mol. The predicted molar refractivity (Wildman–Crippen MR) is 74.9 cm³/mol. The zero-order valence-corrected chi connectivity index (χ0v) is 11.6. The Morgan fingerprint density at radius 3 is 2.89 bits per heavy atom. The van der Waals surface area contributed by atoms with E-state index in [-0.39, 0.29) is 0 Å². The van der Waals surface area contributed by atoms with Gasteiger partial charge in [-0.15, -0.1) is 0 Å². The van der Waals surface area contributed by atoms with Crippen molar-refractivity contribution in [2.24, 2.45) is 0 Å². The van der Waals surface area contributed by atoms with E-state index in [4.69, 9.17) is 4.74 Å². The number of nitrogens with one attached hydrogen (secondary N) is 1. The van der Waals surface area contributed by atoms with Crippen molar-refractivity contribution in [1.82, 2.24) is 10.2 Å². The third kappa shape index (κ3) is 4.00. The van der Waals surface area contributed by atoms with E-state index in [9.17, 15) is 0 Å². The molecule has 0 heterocycles. The molecular formula is C15H24N2O. The number of hydrogen-bond acceptors (Lipinski definition) is 3. The fraction of sp³-hybridized carbons (Fsp3) is 0.600. The van der Waals surface area contributed by atoms with Crippen molar-refractivity contribution in [3.05, 3.63) is 29.8 Å². The molecule has 1 aliphatic rings. The van der Waals surface area contributed by atoms with Gasteiger partial charge in [-0.3, -0.25) is 4.90 Å². The second-order valence-corrected chi connectivity index (χ2v) is 5.30. The van der Waals surface area contributed by atoms with Gasteiger partial charge in [-0.1, -0.05) is 12.1 Å². The van der Waals surface area contributed by atoms with Crippen LogP contribution in [0.3, 0.4) is 0 Å². The maximum Gasteiger partial charge on any atom is 0.119 e. The van der Waals surface area contributed by atoms with Crippen molar-refractivity contribution in [3.8, 4) is 5.75 Å². The zero-order valence-electron chi connectivity index (χ0n) is 11.6. The van der Waals surface area contributed by atoms with Gasteiger partial charge < -0.3 is 10.1 Å². The van der Waals surface area contributed by atoms with Crippen LogP contribution in [0.15, 0.2) is 24.3 Å². The summed E-state index contributed by atoms with van der Waals surface area (Å²) in [5.41, 5.74) is 1.30. The van der Waals surface area contributed by atoms with Gasteiger partial charge in [0.1, 0.15) is 5.75 Å². The molecule has 1 atom stereocenters. The topological polar surface area (TPSA) is 24.5 Å². The Hall–Kier alpha value is -1.06. The van der Waals surface area contributed by atoms with Crippen LogP contribution < -0.4 is 10.1 Å². The average molecular weight is 248 g/mol. The molecule has 1 aliphatic carbocycles. The van der Waals surface area contributed by atoms with Gasteiger partial charge in [0.25, 0.3) is 0 Å². The molecule has 0 saturated heterocycles. The lowest BCUT2D eigenvalue weighted by Gasteiger charge is -2.25. The van der Waals surface area contributed by atoms with Gasteiger partial charge >= 0.3 is 0 Å². The van der Waals surface area contributed by atoms with E-state index < -0.39 is 0 Å². The van der Waals surface area contributed by atoms with Gasteiger partial charge in [-0.25, -0.2) is 0 Å². The predicted octanol–water partition coefficient (Wildman–Crippen LogP) is 2.27. The second-order valence-electron chi connectivity index (χ2n) is 5.30. The summed E-state index contributed by atoms with van der Waals surface area (Å²) < 4.78 is 5.25. The Balaban J connectivity index is 1.82. The second kappa shape index (κ2) is 6.21. The molecule has 0 aromatic heterocycles. The fourth-order valence-electron chi connectivity index (χ4n) is 2.00. The normalized spacial score (nSPS) is 16.9. The van der Waals surface area contributed by atoms with E-state index in [0.717, 1.165) is 24.9 Å². The number of methoxy groups -OCH3 is 1. The molecule has 1 unspecified atom stereocenters. The lowest BCUT2D eigenvalue weighted by molar-refractivity contribution is 0.242. The number of nitrogens with zero attached hydrogens (tertiary/aromatic N) is 1. The molecule has 3 nitrogen and oxygen atoms in total. The molecule has 0 bridgehead atoms. The summed E-state index contributed by atoms with van der Waals surface area (Å²) in [4.78, 5) is 2.38. The van der Waals surface area contributed by atoms with Gasteiger partial charge in [0.2, 0.25) is 0 Å². The van der Waals surface area contributed by atoms with E-state index in [1.807, 2.05) is 6.07 Å². The Labute approximate surface area is 110 Å². The SMILES string of the molecule is COc1cccc(CN(C)C(C)CNC2CC2)c1. The Morgan fingerprint density at radius 2 is 2.22 bits per heavy atom. The van der Waals surface area contributed by atoms with Crippen molar-refractivity contribution in [2.75, 3.05) is 20.7 Å². The number of likely N-dealkylation sites (N-methyl/N-ethyl adjacent to an activating group) is 1. The first-order chi connectivity index (χ1) is 8.69. The summed E-state index contributed by atoms with van der Waals surface area (Å²) in [6, 6.07) is 9.64. The summed E-state index contributed by atoms with van der Waals surface area (Å²) in [5.74, 6) is 0.935. The van der Waals surface area contributed by atoms with Crippen LogP contribution in [0.1, 0.15) is 25.3 Å². The van der Waals surface area contributed by atoms with Gasteiger partial charge in [-0.05, 0) is 44.5 Å². The molecule has 1 aromatic carbocycles. The number of hydrogen-bond donors (Lipinski definition) is 1. The fourth-order valence-corrected chi connectivity index (χ4v) is 2.00. The Kier molecular flexibility index (Phi) is 4.61. The van der Waals surface area contributed by atoms with E-state index >= 15 is 0 Å². The van der Waals surface area contributed by atoms with Crippen molar-refractivity contribution in [3.63, 3.8) is 0 Å². The summed E-state index contributed by atoms with van der Waals surface area (Å²) in [6.45, 7) is 4.31. The zero-order chi connectivity index (χ0) is 13.0. The quantitative estimate of drug-likeness (QED) is 0.801. The lowest BCUT2D eigenvalue weighted by atomic mass is 10.2. The highest BCUT2D eigenvalue weighted by Crippen LogP contribution is 2.19. The standard InChI is InChI=1S/C15H24N2O/c1-12(10-16-14-7-8-14)17(2)11-13-5-4-6-15(9-13)18-3/h4-6,9,12,14,16H,7-8,10-11H2,1-3H3. The molecule has 1 fully saturated rings. The molecule has 100 valence electrons. The van der Waals surface area contributed by atoms with Gasteiger partial charge in [0.05, 0.1) is 7.11 Å².